The highest BCUT2D eigenvalue weighted by Crippen LogP contribution is 2.28. The molecule has 0 aromatic heterocycles. The van der Waals surface area contributed by atoms with E-state index in [0.717, 1.165) is 22.1 Å². The van der Waals surface area contributed by atoms with Gasteiger partial charge in [0.1, 0.15) is 12.4 Å². The highest BCUT2D eigenvalue weighted by atomic mass is 32.2. The Hall–Kier alpha value is -1.59. The van der Waals surface area contributed by atoms with Crippen LogP contribution in [0.5, 0.6) is 5.75 Å². The van der Waals surface area contributed by atoms with Crippen LogP contribution in [0.3, 0.4) is 0 Å². The predicted molar refractivity (Wildman–Crippen MR) is 81.9 cm³/mol. The summed E-state index contributed by atoms with van der Waals surface area (Å²) in [6.07, 6.45) is 1.91. The lowest BCUT2D eigenvalue weighted by atomic mass is 10.0. The summed E-state index contributed by atoms with van der Waals surface area (Å²) in [5, 5.41) is 2.24. The Morgan fingerprint density at radius 3 is 2.60 bits per heavy atom. The Bertz CT molecular complexity index is 695. The second-order valence-electron chi connectivity index (χ2n) is 4.78. The number of hydrogen-bond acceptors (Lipinski definition) is 4. The average molecular weight is 293 g/mol. The molecular formula is C15H19NO3S. The van der Waals surface area contributed by atoms with Crippen molar-refractivity contribution in [3.63, 3.8) is 0 Å². The predicted octanol–water partition coefficient (Wildman–Crippen LogP) is 1.76. The molecular weight excluding hydrogens is 274 g/mol. The highest BCUT2D eigenvalue weighted by molar-refractivity contribution is 7.90. The molecule has 2 aromatic rings. The van der Waals surface area contributed by atoms with Crippen LogP contribution in [-0.2, 0) is 16.3 Å². The van der Waals surface area contributed by atoms with E-state index in [-0.39, 0.29) is 12.4 Å². The van der Waals surface area contributed by atoms with Crippen molar-refractivity contribution in [2.45, 2.75) is 6.42 Å². The van der Waals surface area contributed by atoms with Gasteiger partial charge in [0.15, 0.2) is 9.84 Å². The van der Waals surface area contributed by atoms with Crippen molar-refractivity contribution in [2.75, 3.05) is 25.2 Å². The maximum Gasteiger partial charge on any atom is 0.150 e. The zero-order valence-corrected chi connectivity index (χ0v) is 12.3. The fourth-order valence-corrected chi connectivity index (χ4v) is 2.54. The third-order valence-corrected chi connectivity index (χ3v) is 4.01. The third-order valence-electron chi connectivity index (χ3n) is 3.10. The van der Waals surface area contributed by atoms with E-state index in [4.69, 9.17) is 10.5 Å². The maximum atomic E-state index is 11.1. The largest absolute Gasteiger partial charge is 0.492 e. The first kappa shape index (κ1) is 14.8. The van der Waals surface area contributed by atoms with E-state index in [1.807, 2.05) is 36.4 Å². The fourth-order valence-electron chi connectivity index (χ4n) is 2.16. The standard InChI is InChI=1S/C15H19NO3S/c1-20(17,18)11-10-19-15-7-6-12-4-2-3-5-13(12)14(15)8-9-16/h2-7H,8-11,16H2,1H3. The molecule has 5 heteroatoms. The second-order valence-corrected chi connectivity index (χ2v) is 7.04. The third kappa shape index (κ3) is 3.71. The van der Waals surface area contributed by atoms with Gasteiger partial charge in [-0.3, -0.25) is 0 Å². The van der Waals surface area contributed by atoms with Gasteiger partial charge in [0.2, 0.25) is 0 Å². The van der Waals surface area contributed by atoms with E-state index in [9.17, 15) is 8.42 Å². The summed E-state index contributed by atoms with van der Waals surface area (Å²) in [6.45, 7) is 0.686. The van der Waals surface area contributed by atoms with Gasteiger partial charge in [-0.25, -0.2) is 8.42 Å². The Balaban J connectivity index is 2.30. The van der Waals surface area contributed by atoms with E-state index >= 15 is 0 Å². The lowest BCUT2D eigenvalue weighted by Gasteiger charge is -2.13. The molecule has 0 aliphatic rings. The topological polar surface area (TPSA) is 69.4 Å². The van der Waals surface area contributed by atoms with Crippen LogP contribution in [0.1, 0.15) is 5.56 Å². The molecule has 0 saturated heterocycles. The van der Waals surface area contributed by atoms with Crippen molar-refractivity contribution < 1.29 is 13.2 Å². The van der Waals surface area contributed by atoms with E-state index < -0.39 is 9.84 Å². The minimum Gasteiger partial charge on any atom is -0.492 e. The Morgan fingerprint density at radius 2 is 1.90 bits per heavy atom. The lowest BCUT2D eigenvalue weighted by Crippen LogP contribution is -2.13. The van der Waals surface area contributed by atoms with Crippen molar-refractivity contribution in [1.82, 2.24) is 0 Å². The summed E-state index contributed by atoms with van der Waals surface area (Å²) in [5.41, 5.74) is 6.71. The monoisotopic (exact) mass is 293 g/mol. The first-order valence-electron chi connectivity index (χ1n) is 6.52. The molecule has 0 bridgehead atoms. The van der Waals surface area contributed by atoms with Crippen LogP contribution in [-0.4, -0.2) is 33.6 Å². The number of nitrogens with two attached hydrogens (primary N) is 1. The summed E-state index contributed by atoms with van der Waals surface area (Å²) in [5.74, 6) is 0.736. The quantitative estimate of drug-likeness (QED) is 0.881. The smallest absolute Gasteiger partial charge is 0.150 e. The molecule has 0 heterocycles. The molecule has 2 aromatic carbocycles. The van der Waals surface area contributed by atoms with Crippen LogP contribution in [0, 0.1) is 0 Å². The van der Waals surface area contributed by atoms with Gasteiger partial charge in [-0.15, -0.1) is 0 Å². The van der Waals surface area contributed by atoms with Gasteiger partial charge in [-0.2, -0.15) is 0 Å². The molecule has 0 spiro atoms. The van der Waals surface area contributed by atoms with Crippen LogP contribution in [0.25, 0.3) is 10.8 Å². The molecule has 2 rings (SSSR count). The minimum absolute atomic E-state index is 0.0158. The van der Waals surface area contributed by atoms with E-state index in [0.29, 0.717) is 13.0 Å². The van der Waals surface area contributed by atoms with Crippen LogP contribution in [0.2, 0.25) is 0 Å². The molecule has 0 fully saturated rings. The zero-order chi connectivity index (χ0) is 14.6. The van der Waals surface area contributed by atoms with Crippen molar-refractivity contribution in [3.8, 4) is 5.75 Å². The van der Waals surface area contributed by atoms with Gasteiger partial charge in [0, 0.05) is 11.8 Å². The molecule has 0 aliphatic carbocycles. The van der Waals surface area contributed by atoms with Crippen molar-refractivity contribution in [2.24, 2.45) is 5.73 Å². The Kier molecular flexibility index (Phi) is 4.62. The molecule has 108 valence electrons. The number of benzene rings is 2. The fraction of sp³-hybridized carbons (Fsp3) is 0.333. The summed E-state index contributed by atoms with van der Waals surface area (Å²) >= 11 is 0. The molecule has 2 N–H and O–H groups in total. The van der Waals surface area contributed by atoms with Crippen molar-refractivity contribution in [3.05, 3.63) is 42.0 Å². The van der Waals surface area contributed by atoms with Gasteiger partial charge in [0.05, 0.1) is 5.75 Å². The van der Waals surface area contributed by atoms with E-state index in [1.54, 1.807) is 0 Å². The van der Waals surface area contributed by atoms with Crippen molar-refractivity contribution in [1.29, 1.82) is 0 Å². The second kappa shape index (κ2) is 6.24. The molecule has 4 nitrogen and oxygen atoms in total. The Morgan fingerprint density at radius 1 is 1.15 bits per heavy atom. The first-order valence-corrected chi connectivity index (χ1v) is 8.58. The number of sulfone groups is 1. The summed E-state index contributed by atoms with van der Waals surface area (Å²) < 4.78 is 27.9. The Labute approximate surface area is 119 Å². The first-order chi connectivity index (χ1) is 9.51. The summed E-state index contributed by atoms with van der Waals surface area (Å²) in [6, 6.07) is 11.9. The van der Waals surface area contributed by atoms with Gasteiger partial charge in [-0.1, -0.05) is 30.3 Å². The zero-order valence-electron chi connectivity index (χ0n) is 11.5. The number of rotatable bonds is 6. The minimum atomic E-state index is -3.01. The van der Waals surface area contributed by atoms with Crippen LogP contribution in [0.15, 0.2) is 36.4 Å². The summed E-state index contributed by atoms with van der Waals surface area (Å²) in [7, 11) is -3.01. The number of fused-ring (bicyclic) bond motifs is 1. The highest BCUT2D eigenvalue weighted by Gasteiger charge is 2.09. The van der Waals surface area contributed by atoms with Gasteiger partial charge < -0.3 is 10.5 Å². The SMILES string of the molecule is CS(=O)(=O)CCOc1ccc2ccccc2c1CCN. The normalized spacial score (nSPS) is 11.7. The molecule has 0 atom stereocenters. The lowest BCUT2D eigenvalue weighted by molar-refractivity contribution is 0.338. The van der Waals surface area contributed by atoms with E-state index in [1.165, 1.54) is 6.26 Å². The molecule has 0 amide bonds. The van der Waals surface area contributed by atoms with E-state index in [2.05, 4.69) is 0 Å². The van der Waals surface area contributed by atoms with Crippen LogP contribution < -0.4 is 10.5 Å². The molecule has 0 aliphatic heterocycles. The van der Waals surface area contributed by atoms with Gasteiger partial charge in [0.25, 0.3) is 0 Å². The summed E-state index contributed by atoms with van der Waals surface area (Å²) in [4.78, 5) is 0. The van der Waals surface area contributed by atoms with Crippen molar-refractivity contribution >= 4 is 20.6 Å². The average Bonchev–Trinajstić information content (AvgIpc) is 2.40. The van der Waals surface area contributed by atoms with Gasteiger partial charge >= 0.3 is 0 Å². The van der Waals surface area contributed by atoms with Crippen LogP contribution in [0.4, 0.5) is 0 Å². The number of ether oxygens (including phenoxy) is 1. The molecule has 0 unspecified atom stereocenters. The maximum absolute atomic E-state index is 11.1. The molecule has 20 heavy (non-hydrogen) atoms. The van der Waals surface area contributed by atoms with Gasteiger partial charge in [-0.05, 0) is 29.8 Å². The number of hydrogen-bond donors (Lipinski definition) is 1. The molecule has 0 radical (unpaired) electrons. The van der Waals surface area contributed by atoms with Crippen LogP contribution >= 0.6 is 0 Å². The molecule has 0 saturated carbocycles.